The standard InChI is InChI=1S/C28H34N2O5/c1-27(2,3)16-13-23(24(31)32)29-25(33)28(14-8-15-28)30-26(34)35-17-22-20-11-6-4-9-18(20)19-10-5-7-12-21(19)22/h4-7,9-12,22-23H,8,13-17H2,1-3H3,(H,29,33)(H,30,34)(H,31,32). The zero-order chi connectivity index (χ0) is 25.2. The number of rotatable bonds is 8. The summed E-state index contributed by atoms with van der Waals surface area (Å²) in [5.74, 6) is -1.61. The Morgan fingerprint density at radius 3 is 2.09 bits per heavy atom. The summed E-state index contributed by atoms with van der Waals surface area (Å²) in [6.45, 7) is 6.24. The molecule has 35 heavy (non-hydrogen) atoms. The maximum Gasteiger partial charge on any atom is 0.408 e. The predicted octanol–water partition coefficient (Wildman–Crippen LogP) is 4.84. The van der Waals surface area contributed by atoms with Crippen molar-refractivity contribution in [1.82, 2.24) is 10.6 Å². The number of amides is 2. The number of ether oxygens (including phenoxy) is 1. The molecular formula is C28H34N2O5. The first kappa shape index (κ1) is 24.8. The van der Waals surface area contributed by atoms with Crippen molar-refractivity contribution < 1.29 is 24.2 Å². The number of carboxylic acid groups (broad SMARTS) is 1. The number of carbonyl (C=O) groups excluding carboxylic acids is 2. The molecule has 2 aliphatic rings. The van der Waals surface area contributed by atoms with Crippen LogP contribution < -0.4 is 10.6 Å². The van der Waals surface area contributed by atoms with Crippen LogP contribution in [0.25, 0.3) is 11.1 Å². The molecule has 7 nitrogen and oxygen atoms in total. The second kappa shape index (κ2) is 9.72. The zero-order valence-corrected chi connectivity index (χ0v) is 20.6. The maximum atomic E-state index is 13.1. The monoisotopic (exact) mass is 478 g/mol. The third kappa shape index (κ3) is 5.34. The molecule has 1 unspecified atom stereocenters. The fraction of sp³-hybridized carbons (Fsp3) is 0.464. The summed E-state index contributed by atoms with van der Waals surface area (Å²) in [7, 11) is 0. The van der Waals surface area contributed by atoms with E-state index in [0.717, 1.165) is 28.7 Å². The van der Waals surface area contributed by atoms with Gasteiger partial charge in [0.25, 0.3) is 0 Å². The molecule has 0 spiro atoms. The van der Waals surface area contributed by atoms with Gasteiger partial charge in [0.1, 0.15) is 18.2 Å². The highest BCUT2D eigenvalue weighted by atomic mass is 16.5. The Balaban J connectivity index is 1.39. The quantitative estimate of drug-likeness (QED) is 0.503. The second-order valence-electron chi connectivity index (χ2n) is 10.8. The average Bonchev–Trinajstić information content (AvgIpc) is 3.10. The van der Waals surface area contributed by atoms with Gasteiger partial charge in [-0.2, -0.15) is 0 Å². The minimum Gasteiger partial charge on any atom is -0.480 e. The molecule has 0 aromatic heterocycles. The molecule has 2 amide bonds. The van der Waals surface area contributed by atoms with E-state index < -0.39 is 29.6 Å². The highest BCUT2D eigenvalue weighted by Gasteiger charge is 2.47. The Morgan fingerprint density at radius 1 is 1.03 bits per heavy atom. The topological polar surface area (TPSA) is 105 Å². The molecule has 1 atom stereocenters. The average molecular weight is 479 g/mol. The van der Waals surface area contributed by atoms with E-state index >= 15 is 0 Å². The van der Waals surface area contributed by atoms with Gasteiger partial charge in [0.15, 0.2) is 0 Å². The van der Waals surface area contributed by atoms with Crippen LogP contribution in [0.2, 0.25) is 0 Å². The second-order valence-corrected chi connectivity index (χ2v) is 10.8. The third-order valence-corrected chi connectivity index (χ3v) is 7.11. The molecule has 0 saturated heterocycles. The van der Waals surface area contributed by atoms with E-state index in [4.69, 9.17) is 4.74 Å². The molecule has 4 rings (SSSR count). The highest BCUT2D eigenvalue weighted by Crippen LogP contribution is 2.44. The van der Waals surface area contributed by atoms with Crippen LogP contribution >= 0.6 is 0 Å². The molecular weight excluding hydrogens is 444 g/mol. The Morgan fingerprint density at radius 2 is 1.60 bits per heavy atom. The Kier molecular flexibility index (Phi) is 6.88. The number of hydrogen-bond donors (Lipinski definition) is 3. The van der Waals surface area contributed by atoms with Crippen molar-refractivity contribution >= 4 is 18.0 Å². The van der Waals surface area contributed by atoms with Gasteiger partial charge < -0.3 is 20.5 Å². The van der Waals surface area contributed by atoms with Gasteiger partial charge >= 0.3 is 12.1 Å². The fourth-order valence-electron chi connectivity index (χ4n) is 4.90. The number of benzene rings is 2. The smallest absolute Gasteiger partial charge is 0.408 e. The minimum atomic E-state index is -1.13. The Labute approximate surface area is 206 Å². The van der Waals surface area contributed by atoms with Crippen molar-refractivity contribution in [2.75, 3.05) is 6.61 Å². The van der Waals surface area contributed by atoms with Crippen molar-refractivity contribution in [2.24, 2.45) is 5.41 Å². The van der Waals surface area contributed by atoms with Gasteiger partial charge in [-0.25, -0.2) is 9.59 Å². The van der Waals surface area contributed by atoms with Crippen molar-refractivity contribution in [3.05, 3.63) is 59.7 Å². The van der Waals surface area contributed by atoms with Crippen molar-refractivity contribution in [3.8, 4) is 11.1 Å². The molecule has 0 heterocycles. The van der Waals surface area contributed by atoms with Crippen LogP contribution in [0, 0.1) is 5.41 Å². The maximum absolute atomic E-state index is 13.1. The number of aliphatic carboxylic acids is 1. The van der Waals surface area contributed by atoms with Crippen molar-refractivity contribution in [3.63, 3.8) is 0 Å². The summed E-state index contributed by atoms with van der Waals surface area (Å²) in [5.41, 5.74) is 3.33. The number of fused-ring (bicyclic) bond motifs is 3. The zero-order valence-electron chi connectivity index (χ0n) is 20.6. The molecule has 186 valence electrons. The molecule has 1 saturated carbocycles. The van der Waals surface area contributed by atoms with Gasteiger partial charge in [0, 0.05) is 5.92 Å². The Bertz CT molecular complexity index is 1070. The molecule has 0 bridgehead atoms. The lowest BCUT2D eigenvalue weighted by Crippen LogP contribution is -2.64. The summed E-state index contributed by atoms with van der Waals surface area (Å²) in [6, 6.07) is 15.2. The van der Waals surface area contributed by atoms with Crippen molar-refractivity contribution in [2.45, 2.75) is 70.4 Å². The van der Waals surface area contributed by atoms with Crippen LogP contribution in [-0.2, 0) is 14.3 Å². The van der Waals surface area contributed by atoms with E-state index in [2.05, 4.69) is 22.8 Å². The molecule has 7 heteroatoms. The highest BCUT2D eigenvalue weighted by molar-refractivity contribution is 5.93. The van der Waals surface area contributed by atoms with Crippen LogP contribution in [0.15, 0.2) is 48.5 Å². The molecule has 0 radical (unpaired) electrons. The molecule has 3 N–H and O–H groups in total. The van der Waals surface area contributed by atoms with E-state index in [1.807, 2.05) is 57.2 Å². The Hall–Kier alpha value is -3.35. The first-order valence-electron chi connectivity index (χ1n) is 12.3. The van der Waals surface area contributed by atoms with Gasteiger partial charge in [-0.05, 0) is 59.8 Å². The summed E-state index contributed by atoms with van der Waals surface area (Å²) >= 11 is 0. The number of alkyl carbamates (subject to hydrolysis) is 1. The number of nitrogens with one attached hydrogen (secondary N) is 2. The van der Waals surface area contributed by atoms with E-state index in [1.165, 1.54) is 0 Å². The SMILES string of the molecule is CC(C)(C)CCC(NC(=O)C1(NC(=O)OCC2c3ccccc3-c3ccccc32)CCC1)C(=O)O. The third-order valence-electron chi connectivity index (χ3n) is 7.11. The fourth-order valence-corrected chi connectivity index (χ4v) is 4.90. The largest absolute Gasteiger partial charge is 0.480 e. The van der Waals surface area contributed by atoms with E-state index in [-0.39, 0.29) is 17.9 Å². The minimum absolute atomic E-state index is 0.0495. The molecule has 2 aromatic carbocycles. The van der Waals surface area contributed by atoms with Gasteiger partial charge in [-0.15, -0.1) is 0 Å². The molecule has 2 aromatic rings. The number of carboxylic acids is 1. The molecule has 2 aliphatic carbocycles. The van der Waals surface area contributed by atoms with E-state index in [1.54, 1.807) is 0 Å². The summed E-state index contributed by atoms with van der Waals surface area (Å²) in [5, 5.41) is 15.0. The van der Waals surface area contributed by atoms with Gasteiger partial charge in [-0.3, -0.25) is 4.79 Å². The van der Waals surface area contributed by atoms with Crippen LogP contribution in [0.1, 0.15) is 69.9 Å². The summed E-state index contributed by atoms with van der Waals surface area (Å²) < 4.78 is 5.62. The first-order valence-corrected chi connectivity index (χ1v) is 12.3. The van der Waals surface area contributed by atoms with E-state index in [9.17, 15) is 19.5 Å². The van der Waals surface area contributed by atoms with Crippen LogP contribution in [0.4, 0.5) is 4.79 Å². The lowest BCUT2D eigenvalue weighted by molar-refractivity contribution is -0.144. The number of carbonyl (C=O) groups is 3. The summed E-state index contributed by atoms with van der Waals surface area (Å²) in [4.78, 5) is 37.6. The molecule has 0 aliphatic heterocycles. The normalized spacial score (nSPS) is 16.9. The van der Waals surface area contributed by atoms with E-state index in [0.29, 0.717) is 25.7 Å². The van der Waals surface area contributed by atoms with Crippen molar-refractivity contribution in [1.29, 1.82) is 0 Å². The lowest BCUT2D eigenvalue weighted by atomic mass is 9.75. The molecule has 1 fully saturated rings. The van der Waals surface area contributed by atoms with Gasteiger partial charge in [-0.1, -0.05) is 69.3 Å². The first-order chi connectivity index (χ1) is 16.6. The number of hydrogen-bond acceptors (Lipinski definition) is 4. The van der Waals surface area contributed by atoms with Crippen LogP contribution in [0.3, 0.4) is 0 Å². The lowest BCUT2D eigenvalue weighted by Gasteiger charge is -2.41. The van der Waals surface area contributed by atoms with Crippen LogP contribution in [-0.4, -0.2) is 41.3 Å². The van der Waals surface area contributed by atoms with Crippen LogP contribution in [0.5, 0.6) is 0 Å². The predicted molar refractivity (Wildman–Crippen MR) is 133 cm³/mol. The van der Waals surface area contributed by atoms with Gasteiger partial charge in [0.2, 0.25) is 5.91 Å². The van der Waals surface area contributed by atoms with Gasteiger partial charge in [0.05, 0.1) is 0 Å². The summed E-state index contributed by atoms with van der Waals surface area (Å²) in [6.07, 6.45) is 1.99.